The predicted octanol–water partition coefficient (Wildman–Crippen LogP) is 5.48. The molecule has 0 saturated carbocycles. The van der Waals surface area contributed by atoms with E-state index in [1.165, 1.54) is 0 Å². The SMILES string of the molecule is CC1(C)CC(=O)C2=C(C1)N(c1ccc(C#N)cc1)C(=O)CC2c1ccc(Br)cc1. The number of anilines is 1. The van der Waals surface area contributed by atoms with Crippen LogP contribution in [-0.4, -0.2) is 11.7 Å². The molecule has 2 aromatic carbocycles. The molecule has 0 radical (unpaired) electrons. The van der Waals surface area contributed by atoms with Crippen LogP contribution < -0.4 is 4.90 Å². The number of carbonyl (C=O) groups is 2. The Bertz CT molecular complexity index is 1060. The molecular formula is C24H21BrN2O2. The summed E-state index contributed by atoms with van der Waals surface area (Å²) < 4.78 is 0.966. The quantitative estimate of drug-likeness (QED) is 0.610. The second kappa shape index (κ2) is 7.27. The average molecular weight is 449 g/mol. The third-order valence-corrected chi connectivity index (χ3v) is 6.20. The molecule has 4 rings (SSSR count). The van der Waals surface area contributed by atoms with Gasteiger partial charge < -0.3 is 0 Å². The van der Waals surface area contributed by atoms with Crippen LogP contribution in [0.25, 0.3) is 0 Å². The highest BCUT2D eigenvalue weighted by Gasteiger charge is 2.44. The highest BCUT2D eigenvalue weighted by atomic mass is 79.9. The zero-order valence-corrected chi connectivity index (χ0v) is 18.0. The Morgan fingerprint density at radius 1 is 1.03 bits per heavy atom. The summed E-state index contributed by atoms with van der Waals surface area (Å²) in [6.07, 6.45) is 1.40. The fraction of sp³-hybridized carbons (Fsp3) is 0.292. The van der Waals surface area contributed by atoms with Gasteiger partial charge in [0.2, 0.25) is 5.91 Å². The van der Waals surface area contributed by atoms with Crippen LogP contribution in [0.2, 0.25) is 0 Å². The van der Waals surface area contributed by atoms with Gasteiger partial charge in [-0.1, -0.05) is 41.9 Å². The lowest BCUT2D eigenvalue weighted by molar-refractivity contribution is -0.121. The summed E-state index contributed by atoms with van der Waals surface area (Å²) in [7, 11) is 0. The molecule has 0 bridgehead atoms. The topological polar surface area (TPSA) is 61.2 Å². The van der Waals surface area contributed by atoms with Crippen molar-refractivity contribution in [2.24, 2.45) is 5.41 Å². The molecule has 146 valence electrons. The predicted molar refractivity (Wildman–Crippen MR) is 115 cm³/mol. The number of nitriles is 1. The lowest BCUT2D eigenvalue weighted by Crippen LogP contribution is -2.43. The molecule has 0 N–H and O–H groups in total. The fourth-order valence-corrected chi connectivity index (χ4v) is 4.64. The van der Waals surface area contributed by atoms with E-state index in [0.717, 1.165) is 21.3 Å². The van der Waals surface area contributed by atoms with E-state index in [4.69, 9.17) is 5.26 Å². The standard InChI is InChI=1S/C24H21BrN2O2/c1-24(2)12-20-23(21(28)13-24)19(16-5-7-17(25)8-6-16)11-22(29)27(20)18-9-3-15(14-26)4-10-18/h3-10,19H,11-13H2,1-2H3. The molecule has 5 heteroatoms. The Labute approximate surface area is 179 Å². The summed E-state index contributed by atoms with van der Waals surface area (Å²) in [4.78, 5) is 28.2. The van der Waals surface area contributed by atoms with Gasteiger partial charge in [0.05, 0.1) is 11.6 Å². The summed E-state index contributed by atoms with van der Waals surface area (Å²) >= 11 is 3.45. The highest BCUT2D eigenvalue weighted by molar-refractivity contribution is 9.10. The van der Waals surface area contributed by atoms with Crippen molar-refractivity contribution in [1.82, 2.24) is 0 Å². The van der Waals surface area contributed by atoms with Gasteiger partial charge >= 0.3 is 0 Å². The lowest BCUT2D eigenvalue weighted by Gasteiger charge is -2.43. The van der Waals surface area contributed by atoms with Crippen molar-refractivity contribution in [1.29, 1.82) is 5.26 Å². The molecular weight excluding hydrogens is 428 g/mol. The van der Waals surface area contributed by atoms with Crippen LogP contribution in [0.3, 0.4) is 0 Å². The highest BCUT2D eigenvalue weighted by Crippen LogP contribution is 2.48. The van der Waals surface area contributed by atoms with Crippen LogP contribution in [0.4, 0.5) is 5.69 Å². The van der Waals surface area contributed by atoms with Crippen LogP contribution in [0.1, 0.15) is 50.2 Å². The van der Waals surface area contributed by atoms with Gasteiger partial charge in [0.25, 0.3) is 0 Å². The van der Waals surface area contributed by atoms with Gasteiger partial charge in [0.15, 0.2) is 5.78 Å². The zero-order valence-electron chi connectivity index (χ0n) is 16.4. The second-order valence-electron chi connectivity index (χ2n) is 8.50. The van der Waals surface area contributed by atoms with E-state index in [1.54, 1.807) is 29.2 Å². The Morgan fingerprint density at radius 2 is 1.69 bits per heavy atom. The summed E-state index contributed by atoms with van der Waals surface area (Å²) in [5.74, 6) is -0.119. The number of Topliss-reactive ketones (excluding diaryl/α,β-unsaturated/α-hetero) is 1. The summed E-state index contributed by atoms with van der Waals surface area (Å²) in [6, 6.07) is 17.0. The van der Waals surface area contributed by atoms with Crippen molar-refractivity contribution in [3.63, 3.8) is 0 Å². The van der Waals surface area contributed by atoms with Crippen molar-refractivity contribution in [2.75, 3.05) is 4.90 Å². The number of halogens is 1. The van der Waals surface area contributed by atoms with Crippen LogP contribution in [0.15, 0.2) is 64.3 Å². The summed E-state index contributed by atoms with van der Waals surface area (Å²) in [5.41, 5.74) is 3.60. The molecule has 1 heterocycles. The number of hydrogen-bond donors (Lipinski definition) is 0. The monoisotopic (exact) mass is 448 g/mol. The van der Waals surface area contributed by atoms with Crippen LogP contribution in [0, 0.1) is 16.7 Å². The van der Waals surface area contributed by atoms with Crippen molar-refractivity contribution in [3.8, 4) is 6.07 Å². The Morgan fingerprint density at radius 3 is 2.31 bits per heavy atom. The molecule has 1 aliphatic heterocycles. The normalized spacial score (nSPS) is 21.0. The van der Waals surface area contributed by atoms with Crippen molar-refractivity contribution < 1.29 is 9.59 Å². The van der Waals surface area contributed by atoms with Crippen LogP contribution in [0.5, 0.6) is 0 Å². The average Bonchev–Trinajstić information content (AvgIpc) is 2.67. The maximum Gasteiger partial charge on any atom is 0.232 e. The first-order chi connectivity index (χ1) is 13.8. The minimum atomic E-state index is -0.219. The molecule has 0 spiro atoms. The number of amides is 1. The van der Waals surface area contributed by atoms with Gasteiger partial charge in [0.1, 0.15) is 0 Å². The number of hydrogen-bond acceptors (Lipinski definition) is 3. The number of carbonyl (C=O) groups excluding carboxylic acids is 2. The smallest absolute Gasteiger partial charge is 0.232 e. The number of allylic oxidation sites excluding steroid dienone is 2. The minimum absolute atomic E-state index is 0.0214. The molecule has 0 saturated heterocycles. The first-order valence-electron chi connectivity index (χ1n) is 9.64. The molecule has 4 nitrogen and oxygen atoms in total. The third kappa shape index (κ3) is 3.65. The molecule has 2 aromatic rings. The maximum absolute atomic E-state index is 13.3. The minimum Gasteiger partial charge on any atom is -0.294 e. The van der Waals surface area contributed by atoms with E-state index in [0.29, 0.717) is 24.1 Å². The van der Waals surface area contributed by atoms with Gasteiger partial charge in [0, 0.05) is 40.2 Å². The lowest BCUT2D eigenvalue weighted by atomic mass is 9.69. The fourth-order valence-electron chi connectivity index (χ4n) is 4.38. The van der Waals surface area contributed by atoms with E-state index in [2.05, 4.69) is 35.8 Å². The summed E-state index contributed by atoms with van der Waals surface area (Å²) in [5, 5.41) is 9.07. The molecule has 0 fully saturated rings. The van der Waals surface area contributed by atoms with E-state index in [1.807, 2.05) is 24.3 Å². The molecule has 29 heavy (non-hydrogen) atoms. The largest absolute Gasteiger partial charge is 0.294 e. The molecule has 2 aliphatic rings. The van der Waals surface area contributed by atoms with Gasteiger partial charge in [-0.2, -0.15) is 5.26 Å². The van der Waals surface area contributed by atoms with Crippen LogP contribution >= 0.6 is 15.9 Å². The zero-order chi connectivity index (χ0) is 20.8. The van der Waals surface area contributed by atoms with E-state index in [-0.39, 0.29) is 29.4 Å². The molecule has 1 atom stereocenters. The molecule has 1 amide bonds. The Kier molecular flexibility index (Phi) is 4.92. The van der Waals surface area contributed by atoms with E-state index < -0.39 is 0 Å². The first-order valence-corrected chi connectivity index (χ1v) is 10.4. The number of ketones is 1. The Balaban J connectivity index is 1.87. The molecule has 0 aromatic heterocycles. The second-order valence-corrected chi connectivity index (χ2v) is 9.41. The van der Waals surface area contributed by atoms with Crippen molar-refractivity contribution in [2.45, 2.75) is 39.0 Å². The Hall–Kier alpha value is -2.71. The van der Waals surface area contributed by atoms with Crippen LogP contribution in [-0.2, 0) is 9.59 Å². The third-order valence-electron chi connectivity index (χ3n) is 5.67. The van der Waals surface area contributed by atoms with Gasteiger partial charge in [-0.25, -0.2) is 0 Å². The van der Waals surface area contributed by atoms with Gasteiger partial charge in [-0.15, -0.1) is 0 Å². The van der Waals surface area contributed by atoms with E-state index in [9.17, 15) is 9.59 Å². The summed E-state index contributed by atoms with van der Waals surface area (Å²) in [6.45, 7) is 4.14. The maximum atomic E-state index is 13.3. The number of benzene rings is 2. The van der Waals surface area contributed by atoms with Crippen molar-refractivity contribution >= 4 is 33.3 Å². The first kappa shape index (κ1) is 19.6. The van der Waals surface area contributed by atoms with E-state index >= 15 is 0 Å². The van der Waals surface area contributed by atoms with Crippen molar-refractivity contribution in [3.05, 3.63) is 75.4 Å². The molecule has 1 aliphatic carbocycles. The number of nitrogens with zero attached hydrogens (tertiary/aromatic N) is 2. The molecule has 1 unspecified atom stereocenters. The number of rotatable bonds is 2. The van der Waals surface area contributed by atoms with Gasteiger partial charge in [-0.3, -0.25) is 14.5 Å². The van der Waals surface area contributed by atoms with Gasteiger partial charge in [-0.05, 0) is 53.8 Å².